The van der Waals surface area contributed by atoms with Gasteiger partial charge in [0.1, 0.15) is 5.69 Å². The highest BCUT2D eigenvalue weighted by Crippen LogP contribution is 2.24. The summed E-state index contributed by atoms with van der Waals surface area (Å²) in [6, 6.07) is 13.0. The van der Waals surface area contributed by atoms with E-state index >= 15 is 0 Å². The molecule has 3 aromatic rings. The van der Waals surface area contributed by atoms with Crippen LogP contribution in [0, 0.1) is 10.1 Å². The number of nitro benzene ring substituents is 1. The second kappa shape index (κ2) is 8.66. The van der Waals surface area contributed by atoms with Crippen molar-refractivity contribution in [1.29, 1.82) is 0 Å². The van der Waals surface area contributed by atoms with Crippen LogP contribution in [0.4, 0.5) is 11.4 Å². The van der Waals surface area contributed by atoms with Gasteiger partial charge in [0.25, 0.3) is 11.2 Å². The van der Waals surface area contributed by atoms with E-state index in [9.17, 15) is 19.7 Å². The van der Waals surface area contributed by atoms with Crippen molar-refractivity contribution in [3.63, 3.8) is 0 Å². The van der Waals surface area contributed by atoms with Crippen molar-refractivity contribution in [2.75, 3.05) is 11.1 Å². The van der Waals surface area contributed by atoms with Gasteiger partial charge >= 0.3 is 0 Å². The van der Waals surface area contributed by atoms with Crippen molar-refractivity contribution in [3.8, 4) is 0 Å². The lowest BCUT2D eigenvalue weighted by molar-refractivity contribution is -0.383. The number of carbonyl (C=O) groups excluding carboxylic acids is 1. The lowest BCUT2D eigenvalue weighted by Gasteiger charge is -2.12. The number of rotatable bonds is 7. The number of nitrogens with zero attached hydrogens (tertiary/aromatic N) is 3. The van der Waals surface area contributed by atoms with Gasteiger partial charge in [0.2, 0.25) is 5.91 Å². The molecule has 1 amide bonds. The van der Waals surface area contributed by atoms with Crippen molar-refractivity contribution >= 4 is 39.9 Å². The fourth-order valence-corrected chi connectivity index (χ4v) is 3.56. The normalized spacial score (nSPS) is 10.8. The molecule has 1 aromatic heterocycles. The SMILES string of the molecule is CCCn1c(SCC(=O)Nc2ccccc2[N+](=O)[O-])nc2ccccc2c1=O. The summed E-state index contributed by atoms with van der Waals surface area (Å²) in [4.78, 5) is 40.1. The van der Waals surface area contributed by atoms with Crippen LogP contribution in [0.25, 0.3) is 10.9 Å². The Balaban J connectivity index is 1.81. The lowest BCUT2D eigenvalue weighted by Crippen LogP contribution is -2.24. The molecule has 0 fully saturated rings. The molecule has 1 heterocycles. The Morgan fingerprint density at radius 1 is 1.21 bits per heavy atom. The zero-order valence-electron chi connectivity index (χ0n) is 15.1. The van der Waals surface area contributed by atoms with Crippen LogP contribution in [0.1, 0.15) is 13.3 Å². The molecule has 2 aromatic carbocycles. The number of aromatic nitrogens is 2. The van der Waals surface area contributed by atoms with Gasteiger partial charge in [0.05, 0.1) is 21.6 Å². The Bertz CT molecular complexity index is 1100. The maximum Gasteiger partial charge on any atom is 0.292 e. The molecule has 9 heteroatoms. The molecule has 0 unspecified atom stereocenters. The number of nitro groups is 1. The Morgan fingerprint density at radius 3 is 2.68 bits per heavy atom. The minimum atomic E-state index is -0.549. The summed E-state index contributed by atoms with van der Waals surface area (Å²) in [5, 5.41) is 14.6. The maximum absolute atomic E-state index is 12.7. The molecule has 144 valence electrons. The van der Waals surface area contributed by atoms with Crippen LogP contribution in [-0.2, 0) is 11.3 Å². The molecule has 3 rings (SSSR count). The summed E-state index contributed by atoms with van der Waals surface area (Å²) in [6.07, 6.45) is 0.746. The van der Waals surface area contributed by atoms with Gasteiger partial charge in [-0.3, -0.25) is 24.3 Å². The molecule has 1 N–H and O–H groups in total. The summed E-state index contributed by atoms with van der Waals surface area (Å²) in [6.45, 7) is 2.45. The number of para-hydroxylation sites is 3. The van der Waals surface area contributed by atoms with E-state index in [2.05, 4.69) is 10.3 Å². The monoisotopic (exact) mass is 398 g/mol. The molecule has 8 nitrogen and oxygen atoms in total. The van der Waals surface area contributed by atoms with Crippen LogP contribution in [-0.4, -0.2) is 26.1 Å². The van der Waals surface area contributed by atoms with Gasteiger partial charge in [-0.2, -0.15) is 0 Å². The maximum atomic E-state index is 12.7. The van der Waals surface area contributed by atoms with Crippen molar-refractivity contribution in [2.45, 2.75) is 25.0 Å². The molecule has 0 atom stereocenters. The zero-order valence-corrected chi connectivity index (χ0v) is 15.9. The first-order valence-electron chi connectivity index (χ1n) is 8.67. The first-order valence-corrected chi connectivity index (χ1v) is 9.65. The highest BCUT2D eigenvalue weighted by Gasteiger charge is 2.16. The molecule has 0 aliphatic carbocycles. The van der Waals surface area contributed by atoms with Crippen LogP contribution >= 0.6 is 11.8 Å². The van der Waals surface area contributed by atoms with E-state index in [0.717, 1.165) is 18.2 Å². The predicted molar refractivity (Wildman–Crippen MR) is 109 cm³/mol. The molecule has 0 saturated heterocycles. The fourth-order valence-electron chi connectivity index (χ4n) is 2.73. The Morgan fingerprint density at radius 2 is 1.93 bits per heavy atom. The van der Waals surface area contributed by atoms with Crippen molar-refractivity contribution in [1.82, 2.24) is 9.55 Å². The average molecular weight is 398 g/mol. The number of nitrogens with one attached hydrogen (secondary N) is 1. The van der Waals surface area contributed by atoms with Gasteiger partial charge in [-0.05, 0) is 24.6 Å². The number of amides is 1. The largest absolute Gasteiger partial charge is 0.320 e. The highest BCUT2D eigenvalue weighted by molar-refractivity contribution is 7.99. The van der Waals surface area contributed by atoms with E-state index in [4.69, 9.17) is 0 Å². The number of benzene rings is 2. The number of carbonyl (C=O) groups is 1. The van der Waals surface area contributed by atoms with Crippen molar-refractivity contribution in [3.05, 3.63) is 69.0 Å². The number of hydrogen-bond acceptors (Lipinski definition) is 6. The van der Waals surface area contributed by atoms with E-state index in [1.807, 2.05) is 6.92 Å². The van der Waals surface area contributed by atoms with E-state index in [1.54, 1.807) is 34.9 Å². The molecule has 0 aliphatic rings. The Kier molecular flexibility index (Phi) is 6.05. The second-order valence-electron chi connectivity index (χ2n) is 5.98. The van der Waals surface area contributed by atoms with E-state index < -0.39 is 10.8 Å². The van der Waals surface area contributed by atoms with Crippen LogP contribution in [0.2, 0.25) is 0 Å². The van der Waals surface area contributed by atoms with Crippen LogP contribution < -0.4 is 10.9 Å². The van der Waals surface area contributed by atoms with Gasteiger partial charge in [-0.25, -0.2) is 4.98 Å². The van der Waals surface area contributed by atoms with E-state index in [-0.39, 0.29) is 22.7 Å². The van der Waals surface area contributed by atoms with Gasteiger partial charge in [0.15, 0.2) is 5.16 Å². The number of hydrogen-bond donors (Lipinski definition) is 1. The second-order valence-corrected chi connectivity index (χ2v) is 6.92. The van der Waals surface area contributed by atoms with Crippen LogP contribution in [0.15, 0.2) is 58.5 Å². The summed E-state index contributed by atoms with van der Waals surface area (Å²) in [5.74, 6) is -0.440. The highest BCUT2D eigenvalue weighted by atomic mass is 32.2. The third-order valence-corrected chi connectivity index (χ3v) is 4.96. The zero-order chi connectivity index (χ0) is 20.1. The number of anilines is 1. The van der Waals surface area contributed by atoms with Crippen molar-refractivity contribution in [2.24, 2.45) is 0 Å². The standard InChI is InChI=1S/C19H18N4O4S/c1-2-11-22-18(25)13-7-3-4-8-14(13)21-19(22)28-12-17(24)20-15-9-5-6-10-16(15)23(26)27/h3-10H,2,11-12H2,1H3,(H,20,24). The third kappa shape index (κ3) is 4.20. The first-order chi connectivity index (χ1) is 13.5. The Hall–Kier alpha value is -3.20. The average Bonchev–Trinajstić information content (AvgIpc) is 2.69. The summed E-state index contributed by atoms with van der Waals surface area (Å²) in [5.41, 5.74) is 0.388. The lowest BCUT2D eigenvalue weighted by atomic mass is 10.2. The Labute approximate surface area is 164 Å². The predicted octanol–water partition coefficient (Wildman–Crippen LogP) is 3.45. The van der Waals surface area contributed by atoms with Crippen LogP contribution in [0.5, 0.6) is 0 Å². The molecule has 0 bridgehead atoms. The van der Waals surface area contributed by atoms with Gasteiger partial charge < -0.3 is 5.32 Å². The quantitative estimate of drug-likeness (QED) is 0.283. The van der Waals surface area contributed by atoms with Gasteiger partial charge in [-0.15, -0.1) is 0 Å². The first kappa shape index (κ1) is 19.6. The molecule has 0 spiro atoms. The van der Waals surface area contributed by atoms with Crippen LogP contribution in [0.3, 0.4) is 0 Å². The smallest absolute Gasteiger partial charge is 0.292 e. The fraction of sp³-hybridized carbons (Fsp3) is 0.211. The summed E-state index contributed by atoms with van der Waals surface area (Å²) >= 11 is 1.13. The molecule has 0 radical (unpaired) electrons. The number of thioether (sulfide) groups is 1. The minimum absolute atomic E-state index is 0.0272. The summed E-state index contributed by atoms with van der Waals surface area (Å²) in [7, 11) is 0. The number of fused-ring (bicyclic) bond motifs is 1. The molecule has 0 saturated carbocycles. The molecular weight excluding hydrogens is 380 g/mol. The van der Waals surface area contributed by atoms with Crippen molar-refractivity contribution < 1.29 is 9.72 Å². The minimum Gasteiger partial charge on any atom is -0.320 e. The topological polar surface area (TPSA) is 107 Å². The molecule has 0 aliphatic heterocycles. The third-order valence-electron chi connectivity index (χ3n) is 3.98. The van der Waals surface area contributed by atoms with Gasteiger partial charge in [0, 0.05) is 12.6 Å². The molecular formula is C19H18N4O4S. The molecule has 28 heavy (non-hydrogen) atoms. The van der Waals surface area contributed by atoms with E-state index in [1.165, 1.54) is 18.2 Å². The van der Waals surface area contributed by atoms with Gasteiger partial charge in [-0.1, -0.05) is 43.0 Å². The van der Waals surface area contributed by atoms with E-state index in [0.29, 0.717) is 22.6 Å². The summed E-state index contributed by atoms with van der Waals surface area (Å²) < 4.78 is 1.56.